The van der Waals surface area contributed by atoms with Gasteiger partial charge in [-0.1, -0.05) is 40.5 Å². The first-order chi connectivity index (χ1) is 8.96. The van der Waals surface area contributed by atoms with Crippen molar-refractivity contribution in [2.45, 2.75) is 65.5 Å². The SMILES string of the molecule is CCCCC(C=O)NC(=O)C(NC(=O)CC)C(C)C. The summed E-state index contributed by atoms with van der Waals surface area (Å²) in [6.45, 7) is 7.49. The molecule has 0 bridgehead atoms. The van der Waals surface area contributed by atoms with Gasteiger partial charge >= 0.3 is 0 Å². The number of carbonyl (C=O) groups excluding carboxylic acids is 3. The van der Waals surface area contributed by atoms with Gasteiger partial charge < -0.3 is 15.4 Å². The van der Waals surface area contributed by atoms with Crippen LogP contribution in [0.3, 0.4) is 0 Å². The molecule has 110 valence electrons. The van der Waals surface area contributed by atoms with E-state index in [4.69, 9.17) is 0 Å². The van der Waals surface area contributed by atoms with Crippen LogP contribution in [0.4, 0.5) is 0 Å². The van der Waals surface area contributed by atoms with E-state index in [0.717, 1.165) is 19.1 Å². The van der Waals surface area contributed by atoms with Crippen LogP contribution >= 0.6 is 0 Å². The molecular formula is C14H26N2O3. The van der Waals surface area contributed by atoms with Crippen molar-refractivity contribution in [3.05, 3.63) is 0 Å². The van der Waals surface area contributed by atoms with Crippen molar-refractivity contribution in [3.63, 3.8) is 0 Å². The summed E-state index contributed by atoms with van der Waals surface area (Å²) in [5.74, 6) is -0.468. The van der Waals surface area contributed by atoms with Crippen molar-refractivity contribution >= 4 is 18.1 Å². The van der Waals surface area contributed by atoms with E-state index in [0.29, 0.717) is 12.8 Å². The molecule has 0 fully saturated rings. The summed E-state index contributed by atoms with van der Waals surface area (Å²) >= 11 is 0. The zero-order valence-corrected chi connectivity index (χ0v) is 12.4. The highest BCUT2D eigenvalue weighted by Crippen LogP contribution is 2.05. The van der Waals surface area contributed by atoms with Gasteiger partial charge in [0.05, 0.1) is 6.04 Å². The molecule has 0 saturated carbocycles. The number of unbranched alkanes of at least 4 members (excludes halogenated alkanes) is 1. The second kappa shape index (κ2) is 9.53. The largest absolute Gasteiger partial charge is 0.345 e. The van der Waals surface area contributed by atoms with Crippen LogP contribution in [-0.4, -0.2) is 30.2 Å². The van der Waals surface area contributed by atoms with E-state index in [1.807, 2.05) is 20.8 Å². The van der Waals surface area contributed by atoms with E-state index in [2.05, 4.69) is 10.6 Å². The summed E-state index contributed by atoms with van der Waals surface area (Å²) in [5, 5.41) is 5.38. The number of hydrogen-bond donors (Lipinski definition) is 2. The number of nitrogens with one attached hydrogen (secondary N) is 2. The third kappa shape index (κ3) is 6.94. The maximum Gasteiger partial charge on any atom is 0.243 e. The Hall–Kier alpha value is -1.39. The van der Waals surface area contributed by atoms with Gasteiger partial charge in [0.25, 0.3) is 0 Å². The van der Waals surface area contributed by atoms with Crippen LogP contribution < -0.4 is 10.6 Å². The number of carbonyl (C=O) groups is 3. The highest BCUT2D eigenvalue weighted by molar-refractivity contribution is 5.89. The lowest BCUT2D eigenvalue weighted by Crippen LogP contribution is -2.52. The van der Waals surface area contributed by atoms with Crippen LogP contribution in [0.1, 0.15) is 53.4 Å². The van der Waals surface area contributed by atoms with Crippen LogP contribution in [0, 0.1) is 5.92 Å². The Morgan fingerprint density at radius 1 is 1.16 bits per heavy atom. The van der Waals surface area contributed by atoms with Gasteiger partial charge in [0.15, 0.2) is 0 Å². The van der Waals surface area contributed by atoms with Gasteiger partial charge in [0.2, 0.25) is 11.8 Å². The lowest BCUT2D eigenvalue weighted by Gasteiger charge is -2.23. The first-order valence-corrected chi connectivity index (χ1v) is 7.01. The molecule has 19 heavy (non-hydrogen) atoms. The maximum atomic E-state index is 12.1. The highest BCUT2D eigenvalue weighted by Gasteiger charge is 2.25. The summed E-state index contributed by atoms with van der Waals surface area (Å²) in [5.41, 5.74) is 0. The second-order valence-corrected chi connectivity index (χ2v) is 5.04. The number of amides is 2. The van der Waals surface area contributed by atoms with Crippen LogP contribution in [0.5, 0.6) is 0 Å². The van der Waals surface area contributed by atoms with Gasteiger partial charge in [-0.3, -0.25) is 9.59 Å². The molecule has 5 nitrogen and oxygen atoms in total. The zero-order valence-electron chi connectivity index (χ0n) is 12.4. The van der Waals surface area contributed by atoms with Gasteiger partial charge in [-0.05, 0) is 12.3 Å². The topological polar surface area (TPSA) is 75.3 Å². The Labute approximate surface area is 115 Å². The van der Waals surface area contributed by atoms with Crippen LogP contribution in [0.15, 0.2) is 0 Å². The average Bonchev–Trinajstić information content (AvgIpc) is 2.39. The maximum absolute atomic E-state index is 12.1. The first kappa shape index (κ1) is 17.6. The fraction of sp³-hybridized carbons (Fsp3) is 0.786. The summed E-state index contributed by atoms with van der Waals surface area (Å²) in [6.07, 6.45) is 3.59. The molecule has 0 rings (SSSR count). The quantitative estimate of drug-likeness (QED) is 0.622. The highest BCUT2D eigenvalue weighted by atomic mass is 16.2. The minimum Gasteiger partial charge on any atom is -0.345 e. The van der Waals surface area contributed by atoms with E-state index in [9.17, 15) is 14.4 Å². The van der Waals surface area contributed by atoms with E-state index in [1.54, 1.807) is 6.92 Å². The van der Waals surface area contributed by atoms with Crippen LogP contribution in [0.25, 0.3) is 0 Å². The van der Waals surface area contributed by atoms with Crippen molar-refractivity contribution in [3.8, 4) is 0 Å². The van der Waals surface area contributed by atoms with Gasteiger partial charge in [0.1, 0.15) is 12.3 Å². The molecule has 0 aromatic rings. The monoisotopic (exact) mass is 270 g/mol. The molecule has 0 saturated heterocycles. The predicted octanol–water partition coefficient (Wildman–Crippen LogP) is 1.41. The molecule has 0 radical (unpaired) electrons. The van der Waals surface area contributed by atoms with Gasteiger partial charge in [-0.25, -0.2) is 0 Å². The van der Waals surface area contributed by atoms with E-state index >= 15 is 0 Å². The molecule has 5 heteroatoms. The van der Waals surface area contributed by atoms with Crippen molar-refractivity contribution in [1.82, 2.24) is 10.6 Å². The number of aldehydes is 1. The van der Waals surface area contributed by atoms with Crippen molar-refractivity contribution in [2.24, 2.45) is 5.92 Å². The molecule has 2 amide bonds. The zero-order chi connectivity index (χ0) is 14.8. The van der Waals surface area contributed by atoms with Gasteiger partial charge in [-0.15, -0.1) is 0 Å². The third-order valence-corrected chi connectivity index (χ3v) is 2.95. The van der Waals surface area contributed by atoms with E-state index in [-0.39, 0.29) is 17.7 Å². The Morgan fingerprint density at radius 3 is 2.21 bits per heavy atom. The predicted molar refractivity (Wildman–Crippen MR) is 74.6 cm³/mol. The Kier molecular flexibility index (Phi) is 8.83. The van der Waals surface area contributed by atoms with Crippen molar-refractivity contribution < 1.29 is 14.4 Å². The summed E-state index contributed by atoms with van der Waals surface area (Å²) in [7, 11) is 0. The van der Waals surface area contributed by atoms with E-state index < -0.39 is 12.1 Å². The minimum atomic E-state index is -0.587. The summed E-state index contributed by atoms with van der Waals surface area (Å²) < 4.78 is 0. The second-order valence-electron chi connectivity index (χ2n) is 5.04. The third-order valence-electron chi connectivity index (χ3n) is 2.95. The van der Waals surface area contributed by atoms with Crippen molar-refractivity contribution in [1.29, 1.82) is 0 Å². The van der Waals surface area contributed by atoms with Gasteiger partial charge in [-0.2, -0.15) is 0 Å². The molecule has 2 atom stereocenters. The normalized spacial score (nSPS) is 13.7. The molecule has 2 N–H and O–H groups in total. The van der Waals surface area contributed by atoms with Gasteiger partial charge in [0, 0.05) is 6.42 Å². The molecular weight excluding hydrogens is 244 g/mol. The Bertz CT molecular complexity index is 303. The molecule has 0 spiro atoms. The first-order valence-electron chi connectivity index (χ1n) is 7.01. The standard InChI is InChI=1S/C14H26N2O3/c1-5-7-8-11(9-17)15-14(19)13(10(3)4)16-12(18)6-2/h9-11,13H,5-8H2,1-4H3,(H,15,19)(H,16,18). The average molecular weight is 270 g/mol. The molecule has 0 heterocycles. The lowest BCUT2D eigenvalue weighted by atomic mass is 10.0. The fourth-order valence-electron chi connectivity index (χ4n) is 1.68. The Morgan fingerprint density at radius 2 is 1.79 bits per heavy atom. The molecule has 0 aromatic heterocycles. The fourth-order valence-corrected chi connectivity index (χ4v) is 1.68. The molecule has 0 aromatic carbocycles. The lowest BCUT2D eigenvalue weighted by molar-refractivity contribution is -0.131. The molecule has 0 aliphatic heterocycles. The minimum absolute atomic E-state index is 0.0195. The van der Waals surface area contributed by atoms with Crippen molar-refractivity contribution in [2.75, 3.05) is 0 Å². The smallest absolute Gasteiger partial charge is 0.243 e. The summed E-state index contributed by atoms with van der Waals surface area (Å²) in [6, 6.07) is -1.05. The Balaban J connectivity index is 4.53. The van der Waals surface area contributed by atoms with E-state index in [1.165, 1.54) is 0 Å². The number of hydrogen-bond acceptors (Lipinski definition) is 3. The molecule has 2 unspecified atom stereocenters. The summed E-state index contributed by atoms with van der Waals surface area (Å²) in [4.78, 5) is 34.4. The molecule has 0 aliphatic rings. The number of rotatable bonds is 9. The van der Waals surface area contributed by atoms with Crippen LogP contribution in [0.2, 0.25) is 0 Å². The van der Waals surface area contributed by atoms with Crippen LogP contribution in [-0.2, 0) is 14.4 Å². The molecule has 0 aliphatic carbocycles.